The number of likely N-dealkylation sites (tertiary alicyclic amines) is 1. The molecule has 2 fully saturated rings. The van der Waals surface area contributed by atoms with Crippen LogP contribution in [0.25, 0.3) is 10.9 Å². The molecule has 3 aromatic carbocycles. The molecule has 1 unspecified atom stereocenters. The summed E-state index contributed by atoms with van der Waals surface area (Å²) < 4.78 is 5.37. The van der Waals surface area contributed by atoms with Crippen molar-refractivity contribution in [2.24, 2.45) is 11.8 Å². The highest BCUT2D eigenvalue weighted by Gasteiger charge is 2.39. The van der Waals surface area contributed by atoms with Crippen LogP contribution in [-0.4, -0.2) is 145 Å². The van der Waals surface area contributed by atoms with Gasteiger partial charge < -0.3 is 51.0 Å². The minimum atomic E-state index is -1.63. The smallest absolute Gasteiger partial charge is 0.407 e. The quantitative estimate of drug-likeness (QED) is 0.0343. The van der Waals surface area contributed by atoms with Gasteiger partial charge in [-0.15, -0.1) is 0 Å². The molecule has 6 amide bonds. The SMILES string of the molecule is C[C@@H](O)[C@@H]1NC(=O)[C@H](CCCCNC(=O)OC(C)(C)C)CC(=O)[C@@H](Cc2c[nH]c3ccccc23)NC(=O)[C@H](Cc2ccc(O)cc2)CC(=O)[C@H](CCC(=O)N2CCC(SSc3ccccn3)CC2)N(C)C(=O)C(Cc2ccccc2)NC1=O. The third-order valence-corrected chi connectivity index (χ3v) is 17.9. The number of aliphatic hydroxyl groups excluding tert-OH is 1. The minimum Gasteiger partial charge on any atom is -0.508 e. The zero-order valence-electron chi connectivity index (χ0n) is 47.8. The van der Waals surface area contributed by atoms with Gasteiger partial charge in [-0.05, 0) is 124 Å². The molecule has 2 aromatic heterocycles. The molecule has 0 radical (unpaired) electrons. The van der Waals surface area contributed by atoms with E-state index in [4.69, 9.17) is 4.74 Å². The number of hydrogen-bond acceptors (Lipinski definition) is 14. The molecule has 4 heterocycles. The number of carbonyl (C=O) groups is 8. The van der Waals surface area contributed by atoms with Crippen molar-refractivity contribution in [3.63, 3.8) is 0 Å². The van der Waals surface area contributed by atoms with E-state index >= 15 is 19.2 Å². The maximum atomic E-state index is 15.3. The zero-order chi connectivity index (χ0) is 59.6. The second-order valence-corrected chi connectivity index (χ2v) is 25.1. The molecular formula is C62H78N8O11S2. The molecular weight excluding hydrogens is 1100 g/mol. The summed E-state index contributed by atoms with van der Waals surface area (Å²) in [6, 6.07) is 22.7. The Labute approximate surface area is 493 Å². The number of rotatable bonds is 18. The number of amides is 6. The molecule has 5 aromatic rings. The van der Waals surface area contributed by atoms with E-state index in [1.165, 1.54) is 31.0 Å². The Balaban J connectivity index is 1.23. The number of piperidine rings is 1. The number of phenolic OH excluding ortho intramolecular Hbond substituents is 1. The molecule has 7 rings (SSSR count). The molecule has 0 aliphatic carbocycles. The summed E-state index contributed by atoms with van der Waals surface area (Å²) in [6.07, 6.45) is 2.35. The van der Waals surface area contributed by atoms with Crippen LogP contribution in [-0.2, 0) is 57.6 Å². The lowest BCUT2D eigenvalue weighted by Gasteiger charge is -2.34. The van der Waals surface area contributed by atoms with Crippen LogP contribution in [0.2, 0.25) is 0 Å². The van der Waals surface area contributed by atoms with Crippen LogP contribution in [0, 0.1) is 11.8 Å². The Kier molecular flexibility index (Phi) is 23.2. The Morgan fingerprint density at radius 1 is 0.759 bits per heavy atom. The molecule has 2 aliphatic rings. The van der Waals surface area contributed by atoms with Crippen molar-refractivity contribution in [3.05, 3.63) is 126 Å². The number of pyridine rings is 1. The van der Waals surface area contributed by atoms with E-state index in [0.717, 1.165) is 28.8 Å². The third-order valence-electron chi connectivity index (χ3n) is 15.0. The highest BCUT2D eigenvalue weighted by atomic mass is 33.1. The van der Waals surface area contributed by atoms with Crippen LogP contribution < -0.4 is 21.3 Å². The molecule has 2 aliphatic heterocycles. The average Bonchev–Trinajstić information content (AvgIpc) is 4.10. The number of carbonyl (C=O) groups excluding carboxylic acids is 8. The van der Waals surface area contributed by atoms with E-state index in [1.807, 2.05) is 42.5 Å². The number of nitrogens with one attached hydrogen (secondary N) is 5. The number of alkyl carbamates (subject to hydrolysis) is 1. The van der Waals surface area contributed by atoms with Gasteiger partial charge in [-0.3, -0.25) is 33.6 Å². The summed E-state index contributed by atoms with van der Waals surface area (Å²) >= 11 is 0. The second kappa shape index (κ2) is 30.4. The van der Waals surface area contributed by atoms with E-state index in [2.05, 4.69) is 31.2 Å². The summed E-state index contributed by atoms with van der Waals surface area (Å²) in [7, 11) is 4.73. The molecule has 7 N–H and O–H groups in total. The maximum absolute atomic E-state index is 15.3. The topological polar surface area (TPSA) is 270 Å². The van der Waals surface area contributed by atoms with Crippen molar-refractivity contribution >= 4 is 79.7 Å². The van der Waals surface area contributed by atoms with Gasteiger partial charge in [0.25, 0.3) is 0 Å². The fourth-order valence-electron chi connectivity index (χ4n) is 10.4. The van der Waals surface area contributed by atoms with Crippen molar-refractivity contribution in [2.45, 2.75) is 151 Å². The Morgan fingerprint density at radius 3 is 2.12 bits per heavy atom. The van der Waals surface area contributed by atoms with E-state index in [-0.39, 0.29) is 62.0 Å². The van der Waals surface area contributed by atoms with Gasteiger partial charge in [0.05, 0.1) is 18.2 Å². The number of aromatic nitrogens is 2. The zero-order valence-corrected chi connectivity index (χ0v) is 49.5. The van der Waals surface area contributed by atoms with Gasteiger partial charge in [0.15, 0.2) is 11.6 Å². The van der Waals surface area contributed by atoms with Crippen molar-refractivity contribution in [1.29, 1.82) is 0 Å². The lowest BCUT2D eigenvalue weighted by atomic mass is 9.87. The maximum Gasteiger partial charge on any atom is 0.407 e. The highest BCUT2D eigenvalue weighted by Crippen LogP contribution is 2.37. The van der Waals surface area contributed by atoms with Crippen LogP contribution in [0.4, 0.5) is 4.79 Å². The van der Waals surface area contributed by atoms with E-state index < -0.39 is 102 Å². The van der Waals surface area contributed by atoms with Gasteiger partial charge in [0, 0.05) is 99.2 Å². The summed E-state index contributed by atoms with van der Waals surface area (Å²) in [5.74, 6) is -6.58. The Hall–Kier alpha value is -7.23. The largest absolute Gasteiger partial charge is 0.508 e. The molecule has 0 bridgehead atoms. The number of fused-ring (bicyclic) bond motifs is 1. The lowest BCUT2D eigenvalue weighted by molar-refractivity contribution is -0.144. The second-order valence-electron chi connectivity index (χ2n) is 22.6. The van der Waals surface area contributed by atoms with Crippen LogP contribution in [0.3, 0.4) is 0 Å². The van der Waals surface area contributed by atoms with Crippen molar-refractivity contribution in [3.8, 4) is 5.75 Å². The molecule has 21 heteroatoms. The predicted molar refractivity (Wildman–Crippen MR) is 319 cm³/mol. The number of Topliss-reactive ketones (excluding diaryl/α,β-unsaturated/α-hetero) is 2. The number of H-pyrrole nitrogens is 1. The van der Waals surface area contributed by atoms with E-state index in [9.17, 15) is 29.4 Å². The number of unbranched alkanes of at least 4 members (excludes halogenated alkanes) is 1. The number of nitrogens with zero attached hydrogens (tertiary/aromatic N) is 3. The van der Waals surface area contributed by atoms with Crippen LogP contribution >= 0.6 is 21.6 Å². The van der Waals surface area contributed by atoms with Gasteiger partial charge in [-0.2, -0.15) is 0 Å². The van der Waals surface area contributed by atoms with Crippen molar-refractivity contribution in [1.82, 2.24) is 41.0 Å². The number of aromatic hydroxyl groups is 1. The normalized spacial score (nSPS) is 21.6. The summed E-state index contributed by atoms with van der Waals surface area (Å²) in [6.45, 7) is 7.69. The number of hydrogen-bond donors (Lipinski definition) is 7. The summed E-state index contributed by atoms with van der Waals surface area (Å²) in [5, 5.41) is 34.6. The van der Waals surface area contributed by atoms with Gasteiger partial charge in [0.2, 0.25) is 29.5 Å². The monoisotopic (exact) mass is 1170 g/mol. The number of ether oxygens (including phenoxy) is 1. The summed E-state index contributed by atoms with van der Waals surface area (Å²) in [5.41, 5.74) is 1.97. The first kappa shape index (κ1) is 63.4. The third kappa shape index (κ3) is 19.2. The number of para-hydroxylation sites is 1. The van der Waals surface area contributed by atoms with Gasteiger partial charge in [-0.25, -0.2) is 9.78 Å². The number of benzene rings is 3. The molecule has 83 heavy (non-hydrogen) atoms. The fourth-order valence-corrected chi connectivity index (χ4v) is 12.9. The fraction of sp³-hybridized carbons (Fsp3) is 0.468. The van der Waals surface area contributed by atoms with Gasteiger partial charge >= 0.3 is 6.09 Å². The molecule has 19 nitrogen and oxygen atoms in total. The first-order valence-electron chi connectivity index (χ1n) is 28.5. The average molecular weight is 1180 g/mol. The lowest BCUT2D eigenvalue weighted by Crippen LogP contribution is -2.59. The number of ketones is 2. The number of phenols is 1. The van der Waals surface area contributed by atoms with Crippen molar-refractivity contribution < 1.29 is 53.3 Å². The molecule has 7 atom stereocenters. The Bertz CT molecular complexity index is 3000. The standard InChI is InChI=1S/C62H78N8O11S2/c1-39(71)56-59(78)67-50(34-40-15-7-6-8-16-40)60(79)69(5)51(25-26-55(75)70-31-27-46(28-32-70)82-83-54-20-12-14-29-63-54)53(74)37-43(33-41-21-23-45(72)24-22-41)58(77)66-49(35-44-38-65-48-19-10-9-18-47(44)48)52(73)36-42(57(76)68-56)17-11-13-30-64-61(80)81-62(2,3)4/h6-10,12,14-16,18-24,29,38-39,42-43,46,49-51,56,65,71-72H,11,13,17,25-28,30-37H2,1-5H3,(H,64,80)(H,66,77)(H,67,78)(H,68,76)/t39-,42-,43-,49-,50?,51+,56+/m1/s1. The minimum absolute atomic E-state index is 0.0191. The predicted octanol–water partition coefficient (Wildman–Crippen LogP) is 7.03. The summed E-state index contributed by atoms with van der Waals surface area (Å²) in [4.78, 5) is 127. The van der Waals surface area contributed by atoms with E-state index in [0.29, 0.717) is 42.6 Å². The molecule has 0 saturated carbocycles. The highest BCUT2D eigenvalue weighted by molar-refractivity contribution is 8.76. The molecule has 0 spiro atoms. The van der Waals surface area contributed by atoms with Crippen LogP contribution in [0.5, 0.6) is 5.75 Å². The van der Waals surface area contributed by atoms with E-state index in [1.54, 1.807) is 102 Å². The van der Waals surface area contributed by atoms with Crippen LogP contribution in [0.15, 0.2) is 114 Å². The van der Waals surface area contributed by atoms with Gasteiger partial charge in [-0.1, -0.05) is 83.9 Å². The first-order valence-corrected chi connectivity index (χ1v) is 30.7. The first-order chi connectivity index (χ1) is 39.7. The number of likely N-dealkylation sites (N-methyl/N-ethyl adjacent to an activating group) is 1. The molecule has 2 saturated heterocycles. The number of aromatic amines is 1. The van der Waals surface area contributed by atoms with Crippen LogP contribution in [0.1, 0.15) is 102 Å². The molecule has 444 valence electrons. The van der Waals surface area contributed by atoms with Gasteiger partial charge in [0.1, 0.15) is 28.5 Å². The van der Waals surface area contributed by atoms with Crippen molar-refractivity contribution in [2.75, 3.05) is 26.7 Å². The number of aliphatic hydroxyl groups is 1. The Morgan fingerprint density at radius 2 is 1.42 bits per heavy atom.